The van der Waals surface area contributed by atoms with Crippen LogP contribution >= 0.6 is 0 Å². The van der Waals surface area contributed by atoms with Gasteiger partial charge in [0, 0.05) is 30.4 Å². The fourth-order valence-corrected chi connectivity index (χ4v) is 3.75. The number of carbonyl (C=O) groups excluding carboxylic acids is 2. The molecular weight excluding hydrogens is 429 g/mol. The highest BCUT2D eigenvalue weighted by molar-refractivity contribution is 6.46. The van der Waals surface area contributed by atoms with Crippen LogP contribution < -0.4 is 0 Å². The van der Waals surface area contributed by atoms with Crippen molar-refractivity contribution in [1.82, 2.24) is 9.88 Å². The van der Waals surface area contributed by atoms with Crippen LogP contribution in [0, 0.1) is 15.9 Å². The van der Waals surface area contributed by atoms with E-state index in [1.54, 1.807) is 30.3 Å². The normalized spacial score (nSPS) is 17.4. The number of nitrogens with zero attached hydrogens (tertiary/aromatic N) is 3. The molecule has 3 aromatic rings. The molecule has 0 bridgehead atoms. The predicted molar refractivity (Wildman–Crippen MR) is 116 cm³/mol. The summed E-state index contributed by atoms with van der Waals surface area (Å²) in [5, 5.41) is 21.9. The summed E-state index contributed by atoms with van der Waals surface area (Å²) in [5.41, 5.74) is 1.00. The van der Waals surface area contributed by atoms with E-state index in [1.807, 2.05) is 0 Å². The second kappa shape index (κ2) is 8.99. The van der Waals surface area contributed by atoms with Crippen molar-refractivity contribution in [2.45, 2.75) is 12.5 Å². The second-order valence-electron chi connectivity index (χ2n) is 7.43. The van der Waals surface area contributed by atoms with Crippen LogP contribution in [0.25, 0.3) is 5.76 Å². The first kappa shape index (κ1) is 21.8. The minimum absolute atomic E-state index is 0.133. The van der Waals surface area contributed by atoms with Crippen LogP contribution in [0.4, 0.5) is 10.1 Å². The molecule has 8 nitrogen and oxygen atoms in total. The molecule has 1 aromatic heterocycles. The van der Waals surface area contributed by atoms with Gasteiger partial charge >= 0.3 is 0 Å². The van der Waals surface area contributed by atoms with Crippen molar-refractivity contribution in [3.05, 3.63) is 111 Å². The molecule has 1 fully saturated rings. The lowest BCUT2D eigenvalue weighted by molar-refractivity contribution is -0.384. The van der Waals surface area contributed by atoms with Crippen LogP contribution in [-0.2, 0) is 16.0 Å². The Morgan fingerprint density at radius 2 is 1.76 bits per heavy atom. The van der Waals surface area contributed by atoms with Crippen molar-refractivity contribution in [1.29, 1.82) is 0 Å². The van der Waals surface area contributed by atoms with Crippen molar-refractivity contribution < 1.29 is 24.0 Å². The van der Waals surface area contributed by atoms with Crippen molar-refractivity contribution in [2.75, 3.05) is 6.54 Å². The smallest absolute Gasteiger partial charge is 0.295 e. The quantitative estimate of drug-likeness (QED) is 0.202. The van der Waals surface area contributed by atoms with Gasteiger partial charge in [-0.3, -0.25) is 24.7 Å². The highest BCUT2D eigenvalue weighted by Gasteiger charge is 2.46. The summed E-state index contributed by atoms with van der Waals surface area (Å²) in [7, 11) is 0. The molecule has 1 saturated heterocycles. The van der Waals surface area contributed by atoms with Crippen molar-refractivity contribution >= 4 is 23.1 Å². The molecule has 0 aliphatic carbocycles. The number of likely N-dealkylation sites (tertiary alicyclic amines) is 1. The molecule has 1 aliphatic rings. The Bertz CT molecular complexity index is 1240. The predicted octanol–water partition coefficient (Wildman–Crippen LogP) is 3.79. The molecule has 1 unspecified atom stereocenters. The van der Waals surface area contributed by atoms with Gasteiger partial charge in [-0.15, -0.1) is 0 Å². The number of aliphatic hydroxyl groups is 1. The van der Waals surface area contributed by atoms with Gasteiger partial charge in [0.05, 0.1) is 16.2 Å². The Hall–Kier alpha value is -4.40. The van der Waals surface area contributed by atoms with Gasteiger partial charge in [0.1, 0.15) is 17.6 Å². The van der Waals surface area contributed by atoms with Crippen LogP contribution in [0.3, 0.4) is 0 Å². The molecule has 0 spiro atoms. The summed E-state index contributed by atoms with van der Waals surface area (Å²) in [6.45, 7) is 0.133. The van der Waals surface area contributed by atoms with E-state index in [0.717, 1.165) is 5.56 Å². The maximum Gasteiger partial charge on any atom is 0.295 e. The number of nitro groups is 1. The van der Waals surface area contributed by atoms with Gasteiger partial charge in [-0.25, -0.2) is 4.39 Å². The molecule has 1 amide bonds. The van der Waals surface area contributed by atoms with Gasteiger partial charge in [0.15, 0.2) is 0 Å². The molecule has 1 N–H and O–H groups in total. The molecule has 0 radical (unpaired) electrons. The zero-order valence-corrected chi connectivity index (χ0v) is 17.2. The average molecular weight is 447 g/mol. The fourth-order valence-electron chi connectivity index (χ4n) is 3.75. The van der Waals surface area contributed by atoms with Gasteiger partial charge < -0.3 is 10.0 Å². The first-order chi connectivity index (χ1) is 15.9. The summed E-state index contributed by atoms with van der Waals surface area (Å²) in [4.78, 5) is 41.8. The second-order valence-corrected chi connectivity index (χ2v) is 7.43. The summed E-state index contributed by atoms with van der Waals surface area (Å²) >= 11 is 0. The molecule has 1 aliphatic heterocycles. The molecule has 9 heteroatoms. The standard InChI is InChI=1S/C24H18FN3O5/c25-17-8-4-15(5-9-17)12-14-27-21(19-3-1-2-13-26-19)20(23(30)24(27)31)22(29)16-6-10-18(11-7-16)28(32)33/h1-11,13,21,29H,12,14H2/b22-20-. The Kier molecular flexibility index (Phi) is 5.95. The number of hydrogen-bond donors (Lipinski definition) is 1. The Morgan fingerprint density at radius 3 is 2.36 bits per heavy atom. The molecule has 2 heterocycles. The molecule has 0 saturated carbocycles. The highest BCUT2D eigenvalue weighted by atomic mass is 19.1. The monoisotopic (exact) mass is 447 g/mol. The number of aromatic nitrogens is 1. The maximum absolute atomic E-state index is 13.2. The van der Waals surface area contributed by atoms with E-state index in [2.05, 4.69) is 4.98 Å². The number of ketones is 1. The fraction of sp³-hybridized carbons (Fsp3) is 0.125. The van der Waals surface area contributed by atoms with Gasteiger partial charge in [0.2, 0.25) is 0 Å². The van der Waals surface area contributed by atoms with E-state index in [1.165, 1.54) is 47.5 Å². The van der Waals surface area contributed by atoms with Crippen LogP contribution in [0.5, 0.6) is 0 Å². The lowest BCUT2D eigenvalue weighted by Gasteiger charge is -2.24. The summed E-state index contributed by atoms with van der Waals surface area (Å²) in [6, 6.07) is 14.9. The highest BCUT2D eigenvalue weighted by Crippen LogP contribution is 2.38. The minimum Gasteiger partial charge on any atom is -0.507 e. The van der Waals surface area contributed by atoms with E-state index in [4.69, 9.17) is 0 Å². The largest absolute Gasteiger partial charge is 0.507 e. The molecule has 4 rings (SSSR count). The van der Waals surface area contributed by atoms with Crippen LogP contribution in [-0.4, -0.2) is 38.1 Å². The number of hydrogen-bond acceptors (Lipinski definition) is 6. The number of amides is 1. The maximum atomic E-state index is 13.2. The third-order valence-corrected chi connectivity index (χ3v) is 5.41. The number of rotatable bonds is 6. The summed E-state index contributed by atoms with van der Waals surface area (Å²) in [5.74, 6) is -2.49. The van der Waals surface area contributed by atoms with E-state index >= 15 is 0 Å². The van der Waals surface area contributed by atoms with Gasteiger partial charge in [0.25, 0.3) is 17.4 Å². The Morgan fingerprint density at radius 1 is 1.06 bits per heavy atom. The Balaban J connectivity index is 1.74. The number of halogens is 1. The average Bonchev–Trinajstić information content (AvgIpc) is 3.08. The summed E-state index contributed by atoms with van der Waals surface area (Å²) < 4.78 is 13.2. The number of carbonyl (C=O) groups is 2. The van der Waals surface area contributed by atoms with E-state index in [9.17, 15) is 29.2 Å². The molecule has 1 atom stereocenters. The van der Waals surface area contributed by atoms with Crippen molar-refractivity contribution in [2.24, 2.45) is 0 Å². The van der Waals surface area contributed by atoms with Crippen molar-refractivity contribution in [3.63, 3.8) is 0 Å². The van der Waals surface area contributed by atoms with Crippen LogP contribution in [0.15, 0.2) is 78.5 Å². The van der Waals surface area contributed by atoms with E-state index in [-0.39, 0.29) is 29.2 Å². The number of aliphatic hydroxyl groups excluding tert-OH is 1. The van der Waals surface area contributed by atoms with Gasteiger partial charge in [-0.1, -0.05) is 18.2 Å². The molecule has 2 aromatic carbocycles. The third kappa shape index (κ3) is 4.33. The van der Waals surface area contributed by atoms with E-state index < -0.39 is 28.4 Å². The number of Topliss-reactive ketones (excluding diaryl/α,β-unsaturated/α-hetero) is 1. The van der Waals surface area contributed by atoms with Gasteiger partial charge in [-0.05, 0) is 48.4 Å². The number of pyridine rings is 1. The Labute approximate surface area is 187 Å². The minimum atomic E-state index is -0.943. The van der Waals surface area contributed by atoms with Gasteiger partial charge in [-0.2, -0.15) is 0 Å². The molecule has 166 valence electrons. The van der Waals surface area contributed by atoms with Crippen LogP contribution in [0.2, 0.25) is 0 Å². The lowest BCUT2D eigenvalue weighted by atomic mass is 9.98. The zero-order chi connectivity index (χ0) is 23.5. The topological polar surface area (TPSA) is 114 Å². The first-order valence-electron chi connectivity index (χ1n) is 10.1. The molecular formula is C24H18FN3O5. The first-order valence-corrected chi connectivity index (χ1v) is 10.1. The summed E-state index contributed by atoms with van der Waals surface area (Å²) in [6.07, 6.45) is 1.87. The number of benzene rings is 2. The SMILES string of the molecule is O=C1C(=O)N(CCc2ccc(F)cc2)C(c2ccccn2)/C1=C(/O)c1ccc([N+](=O)[O-])cc1. The molecule has 33 heavy (non-hydrogen) atoms. The number of nitro benzene ring substituents is 1. The lowest BCUT2D eigenvalue weighted by Crippen LogP contribution is -2.32. The van der Waals surface area contributed by atoms with Crippen molar-refractivity contribution in [3.8, 4) is 0 Å². The van der Waals surface area contributed by atoms with Crippen LogP contribution in [0.1, 0.15) is 22.9 Å². The number of non-ortho nitro benzene ring substituents is 1. The van der Waals surface area contributed by atoms with E-state index in [0.29, 0.717) is 12.1 Å². The third-order valence-electron chi connectivity index (χ3n) is 5.41. The zero-order valence-electron chi connectivity index (χ0n) is 17.2.